The quantitative estimate of drug-likeness (QED) is 0.774. The molecule has 0 saturated carbocycles. The van der Waals surface area contributed by atoms with E-state index in [1.807, 2.05) is 24.6 Å². The van der Waals surface area contributed by atoms with Gasteiger partial charge in [-0.15, -0.1) is 0 Å². The molecule has 0 saturated heterocycles. The Morgan fingerprint density at radius 2 is 2.11 bits per heavy atom. The molecule has 2 atom stereocenters. The average Bonchev–Trinajstić information content (AvgIpc) is 2.69. The Bertz CT molecular complexity index is 344. The molecule has 0 aliphatic rings. The molecule has 0 radical (unpaired) electrons. The number of ether oxygens (including phenoxy) is 1. The maximum Gasteiger partial charge on any atom is 0.0856 e. The van der Waals surface area contributed by atoms with Gasteiger partial charge in [0.1, 0.15) is 0 Å². The molecule has 1 aromatic heterocycles. The van der Waals surface area contributed by atoms with Crippen LogP contribution >= 0.6 is 0 Å². The van der Waals surface area contributed by atoms with Gasteiger partial charge in [-0.2, -0.15) is 5.10 Å². The van der Waals surface area contributed by atoms with E-state index in [1.54, 1.807) is 0 Å². The fraction of sp³-hybridized carbons (Fsp3) is 0.786. The second-order valence-corrected chi connectivity index (χ2v) is 4.65. The van der Waals surface area contributed by atoms with E-state index in [0.29, 0.717) is 13.0 Å². The minimum atomic E-state index is -0.453. The first kappa shape index (κ1) is 15.2. The highest BCUT2D eigenvalue weighted by molar-refractivity contribution is 5.10. The van der Waals surface area contributed by atoms with Gasteiger partial charge in [0.05, 0.1) is 17.9 Å². The van der Waals surface area contributed by atoms with E-state index in [2.05, 4.69) is 18.9 Å². The summed E-state index contributed by atoms with van der Waals surface area (Å²) >= 11 is 0. The van der Waals surface area contributed by atoms with E-state index in [1.165, 1.54) is 0 Å². The van der Waals surface area contributed by atoms with Crippen LogP contribution in [-0.2, 0) is 17.7 Å². The number of aryl methyl sites for hydroxylation is 2. The van der Waals surface area contributed by atoms with E-state index in [4.69, 9.17) is 4.74 Å². The number of aliphatic hydroxyl groups excluding tert-OH is 1. The zero-order valence-electron chi connectivity index (χ0n) is 12.0. The largest absolute Gasteiger partial charge is 0.390 e. The highest BCUT2D eigenvalue weighted by Gasteiger charge is 2.20. The van der Waals surface area contributed by atoms with Crippen molar-refractivity contribution in [1.29, 1.82) is 0 Å². The molecule has 18 heavy (non-hydrogen) atoms. The number of nitrogens with zero attached hydrogens (tertiary/aromatic N) is 2. The maximum absolute atomic E-state index is 10.3. The lowest BCUT2D eigenvalue weighted by molar-refractivity contribution is -0.0370. The van der Waals surface area contributed by atoms with Crippen LogP contribution in [0.1, 0.15) is 45.0 Å². The van der Waals surface area contributed by atoms with Crippen LogP contribution in [0.5, 0.6) is 0 Å². The molecule has 1 N–H and O–H groups in total. The normalized spacial score (nSPS) is 14.7. The van der Waals surface area contributed by atoms with Gasteiger partial charge in [-0.3, -0.25) is 4.68 Å². The number of rotatable bonds is 8. The molecule has 0 fully saturated rings. The summed E-state index contributed by atoms with van der Waals surface area (Å²) < 4.78 is 7.57. The molecule has 1 aromatic rings. The monoisotopic (exact) mass is 254 g/mol. The molecule has 1 rings (SSSR count). The molecule has 104 valence electrons. The van der Waals surface area contributed by atoms with E-state index in [0.717, 1.165) is 30.8 Å². The van der Waals surface area contributed by atoms with Gasteiger partial charge in [-0.25, -0.2) is 0 Å². The zero-order valence-corrected chi connectivity index (χ0v) is 12.0. The van der Waals surface area contributed by atoms with Crippen molar-refractivity contribution in [3.8, 4) is 0 Å². The lowest BCUT2D eigenvalue weighted by Gasteiger charge is -2.22. The number of aliphatic hydroxyl groups is 1. The van der Waals surface area contributed by atoms with Crippen LogP contribution in [0, 0.1) is 6.92 Å². The third kappa shape index (κ3) is 4.10. The maximum atomic E-state index is 10.3. The third-order valence-electron chi connectivity index (χ3n) is 3.09. The van der Waals surface area contributed by atoms with Crippen LogP contribution in [-0.4, -0.2) is 33.7 Å². The van der Waals surface area contributed by atoms with Crippen LogP contribution in [0.15, 0.2) is 6.07 Å². The van der Waals surface area contributed by atoms with Crippen LogP contribution < -0.4 is 0 Å². The minimum Gasteiger partial charge on any atom is -0.390 e. The number of hydrogen-bond donors (Lipinski definition) is 1. The molecule has 0 amide bonds. The standard InChI is InChI=1S/C14H26N2O2/c1-5-8-14(18-7-3)13(17)10-12-9-11(4)15-16(12)6-2/h9,13-14,17H,5-8,10H2,1-4H3. The third-order valence-corrected chi connectivity index (χ3v) is 3.09. The Labute approximate surface area is 110 Å². The van der Waals surface area contributed by atoms with Crippen LogP contribution in [0.25, 0.3) is 0 Å². The lowest BCUT2D eigenvalue weighted by Crippen LogP contribution is -2.31. The molecule has 4 heteroatoms. The van der Waals surface area contributed by atoms with Crippen molar-refractivity contribution in [2.24, 2.45) is 0 Å². The highest BCUT2D eigenvalue weighted by atomic mass is 16.5. The van der Waals surface area contributed by atoms with E-state index < -0.39 is 6.10 Å². The summed E-state index contributed by atoms with van der Waals surface area (Å²) in [7, 11) is 0. The summed E-state index contributed by atoms with van der Waals surface area (Å²) in [5, 5.41) is 14.7. The average molecular weight is 254 g/mol. The van der Waals surface area contributed by atoms with Crippen molar-refractivity contribution in [2.75, 3.05) is 6.61 Å². The number of aromatic nitrogens is 2. The van der Waals surface area contributed by atoms with Gasteiger partial charge in [0.25, 0.3) is 0 Å². The first-order chi connectivity index (χ1) is 8.62. The van der Waals surface area contributed by atoms with Crippen molar-refractivity contribution in [1.82, 2.24) is 9.78 Å². The molecule has 0 aliphatic heterocycles. The zero-order chi connectivity index (χ0) is 13.5. The Morgan fingerprint density at radius 1 is 1.39 bits per heavy atom. The smallest absolute Gasteiger partial charge is 0.0856 e. The summed E-state index contributed by atoms with van der Waals surface area (Å²) in [6.45, 7) is 9.61. The van der Waals surface area contributed by atoms with E-state index in [9.17, 15) is 5.11 Å². The van der Waals surface area contributed by atoms with Crippen molar-refractivity contribution in [3.05, 3.63) is 17.5 Å². The summed E-state index contributed by atoms with van der Waals surface area (Å²) in [5.41, 5.74) is 2.09. The van der Waals surface area contributed by atoms with Gasteiger partial charge < -0.3 is 9.84 Å². The molecule has 4 nitrogen and oxygen atoms in total. The Morgan fingerprint density at radius 3 is 2.67 bits per heavy atom. The molecular weight excluding hydrogens is 228 g/mol. The fourth-order valence-electron chi connectivity index (χ4n) is 2.27. The van der Waals surface area contributed by atoms with Gasteiger partial charge in [-0.1, -0.05) is 13.3 Å². The topological polar surface area (TPSA) is 47.3 Å². The molecule has 0 aliphatic carbocycles. The number of hydrogen-bond acceptors (Lipinski definition) is 3. The highest BCUT2D eigenvalue weighted by Crippen LogP contribution is 2.14. The second kappa shape index (κ2) is 7.54. The van der Waals surface area contributed by atoms with Crippen molar-refractivity contribution in [2.45, 2.75) is 65.7 Å². The minimum absolute atomic E-state index is 0.0690. The van der Waals surface area contributed by atoms with Crippen LogP contribution in [0.2, 0.25) is 0 Å². The molecular formula is C14H26N2O2. The predicted octanol–water partition coefficient (Wildman–Crippen LogP) is 2.32. The SMILES string of the molecule is CCCC(OCC)C(O)Cc1cc(C)nn1CC. The van der Waals surface area contributed by atoms with Crippen LogP contribution in [0.4, 0.5) is 0 Å². The lowest BCUT2D eigenvalue weighted by atomic mass is 10.0. The van der Waals surface area contributed by atoms with Crippen molar-refractivity contribution < 1.29 is 9.84 Å². The van der Waals surface area contributed by atoms with Crippen molar-refractivity contribution in [3.63, 3.8) is 0 Å². The van der Waals surface area contributed by atoms with Gasteiger partial charge in [0.15, 0.2) is 0 Å². The first-order valence-electron chi connectivity index (χ1n) is 6.95. The van der Waals surface area contributed by atoms with E-state index >= 15 is 0 Å². The Balaban J connectivity index is 2.68. The van der Waals surface area contributed by atoms with Gasteiger partial charge in [0.2, 0.25) is 0 Å². The molecule has 0 bridgehead atoms. The molecule has 0 aromatic carbocycles. The summed E-state index contributed by atoms with van der Waals surface area (Å²) in [6.07, 6.45) is 2.01. The van der Waals surface area contributed by atoms with E-state index in [-0.39, 0.29) is 6.10 Å². The summed E-state index contributed by atoms with van der Waals surface area (Å²) in [4.78, 5) is 0. The van der Waals surface area contributed by atoms with Gasteiger partial charge in [0, 0.05) is 25.3 Å². The molecule has 0 spiro atoms. The summed E-state index contributed by atoms with van der Waals surface area (Å²) in [6, 6.07) is 2.04. The van der Waals surface area contributed by atoms with Gasteiger partial charge >= 0.3 is 0 Å². The van der Waals surface area contributed by atoms with Gasteiger partial charge in [-0.05, 0) is 33.3 Å². The predicted molar refractivity (Wildman–Crippen MR) is 72.7 cm³/mol. The Kier molecular flexibility index (Phi) is 6.36. The molecule has 2 unspecified atom stereocenters. The Hall–Kier alpha value is -0.870. The van der Waals surface area contributed by atoms with Crippen LogP contribution in [0.3, 0.4) is 0 Å². The fourth-order valence-corrected chi connectivity index (χ4v) is 2.27. The second-order valence-electron chi connectivity index (χ2n) is 4.65. The van der Waals surface area contributed by atoms with Crippen molar-refractivity contribution >= 4 is 0 Å². The summed E-state index contributed by atoms with van der Waals surface area (Å²) in [5.74, 6) is 0. The molecule has 1 heterocycles. The first-order valence-corrected chi connectivity index (χ1v) is 6.95.